The van der Waals surface area contributed by atoms with Crippen molar-refractivity contribution in [3.63, 3.8) is 0 Å². The van der Waals surface area contributed by atoms with Gasteiger partial charge >= 0.3 is 6.03 Å². The van der Waals surface area contributed by atoms with Crippen LogP contribution in [-0.2, 0) is 12.8 Å². The smallest absolute Gasteiger partial charge is 0.320 e. The Kier molecular flexibility index (Phi) is 34.7. The molecule has 18 heteroatoms. The predicted molar refractivity (Wildman–Crippen MR) is 479 cm³/mol. The number of nitrogens with two attached hydrogens (primary N) is 1. The van der Waals surface area contributed by atoms with Gasteiger partial charge in [-0.1, -0.05) is 231 Å². The Morgan fingerprint density at radius 1 is 0.393 bits per heavy atom. The Balaban J connectivity index is 0.000000147. The minimum absolute atomic E-state index is 0.0123. The number of benzene rings is 10. The van der Waals surface area contributed by atoms with Crippen LogP contribution in [0.4, 0.5) is 4.79 Å². The number of likely N-dealkylation sites (N-methyl/N-ethyl adjacent to an activating group) is 4. The van der Waals surface area contributed by atoms with E-state index in [-0.39, 0.29) is 47.9 Å². The van der Waals surface area contributed by atoms with Gasteiger partial charge in [0, 0.05) is 118 Å². The highest BCUT2D eigenvalue weighted by Crippen LogP contribution is 2.26. The number of nitrogens with one attached hydrogen (secondary N) is 5. The van der Waals surface area contributed by atoms with Crippen LogP contribution in [0.5, 0.6) is 0 Å². The summed E-state index contributed by atoms with van der Waals surface area (Å²) in [5.41, 5.74) is 20.1. The number of hydrogen-bond acceptors (Lipinski definition) is 12. The van der Waals surface area contributed by atoms with Gasteiger partial charge in [-0.25, -0.2) is 4.79 Å². The van der Waals surface area contributed by atoms with E-state index in [2.05, 4.69) is 164 Å². The van der Waals surface area contributed by atoms with Crippen molar-refractivity contribution in [3.05, 3.63) is 312 Å². The molecule has 5 amide bonds. The SMILES string of the molecule is CN(C(=O)N1CCC(NC(=O)c2ccc(-c3ccccc3)cc2)C1)C1CCN(CCCc2ccccc2)C1.CN1CCC(N)C1.CN1CCC(NC(=O)c2ccc(-c3ccccc3)cc2)C1.CNC1CCN(CCCc2ccccc2)C1.O=C(Cl)c1ccc(-c2ccccc2)cc1.O=C(NC1CCNC1)c1ccc(-c2ccccc2)cc1. The Hall–Kier alpha value is -10.4. The van der Waals surface area contributed by atoms with E-state index in [9.17, 15) is 24.0 Å². The molecule has 0 saturated carbocycles. The zero-order chi connectivity index (χ0) is 81.9. The van der Waals surface area contributed by atoms with Gasteiger partial charge in [0.25, 0.3) is 23.0 Å². The maximum Gasteiger partial charge on any atom is 0.320 e. The number of urea groups is 1. The first-order chi connectivity index (χ1) is 57.1. The third kappa shape index (κ3) is 28.4. The summed E-state index contributed by atoms with van der Waals surface area (Å²) in [6, 6.07) is 94.4. The van der Waals surface area contributed by atoms with Crippen LogP contribution in [0.1, 0.15) is 104 Å². The molecule has 117 heavy (non-hydrogen) atoms. The van der Waals surface area contributed by atoms with Crippen LogP contribution in [0.2, 0.25) is 0 Å². The van der Waals surface area contributed by atoms with Crippen LogP contribution in [0.3, 0.4) is 0 Å². The van der Waals surface area contributed by atoms with Crippen LogP contribution >= 0.6 is 11.6 Å². The number of aryl methyl sites for hydroxylation is 2. The molecular formula is C99H119ClN12O5. The fourth-order valence-corrected chi connectivity index (χ4v) is 15.8. The van der Waals surface area contributed by atoms with E-state index in [4.69, 9.17) is 17.3 Å². The lowest BCUT2D eigenvalue weighted by Crippen LogP contribution is -2.47. The first-order valence-electron chi connectivity index (χ1n) is 41.9. The lowest BCUT2D eigenvalue weighted by molar-refractivity contribution is 0.0929. The van der Waals surface area contributed by atoms with Crippen molar-refractivity contribution in [2.24, 2.45) is 5.73 Å². The number of amides is 5. The van der Waals surface area contributed by atoms with Crippen LogP contribution in [0.15, 0.2) is 279 Å². The quantitative estimate of drug-likeness (QED) is 0.0374. The molecule has 16 rings (SSSR count). The van der Waals surface area contributed by atoms with Crippen LogP contribution < -0.4 is 32.3 Å². The van der Waals surface area contributed by atoms with Gasteiger partial charge in [-0.3, -0.25) is 19.2 Å². The van der Waals surface area contributed by atoms with Crippen molar-refractivity contribution < 1.29 is 24.0 Å². The number of carbonyl (C=O) groups excluding carboxylic acids is 5. The van der Waals surface area contributed by atoms with Gasteiger partial charge in [-0.15, -0.1) is 0 Å². The molecule has 6 aliphatic heterocycles. The number of nitrogens with zero attached hydrogens (tertiary/aromatic N) is 6. The number of likely N-dealkylation sites (tertiary alicyclic amines) is 5. The number of carbonyl (C=O) groups is 5. The van der Waals surface area contributed by atoms with Crippen molar-refractivity contribution in [3.8, 4) is 44.5 Å². The second-order valence-corrected chi connectivity index (χ2v) is 31.9. The van der Waals surface area contributed by atoms with Crippen LogP contribution in [0, 0.1) is 0 Å². The molecule has 10 aromatic carbocycles. The normalized spacial score (nSPS) is 19.0. The van der Waals surface area contributed by atoms with E-state index in [1.165, 1.54) is 74.1 Å². The van der Waals surface area contributed by atoms with Gasteiger partial charge in [-0.2, -0.15) is 0 Å². The summed E-state index contributed by atoms with van der Waals surface area (Å²) in [5.74, 6) is -0.0487. The maximum atomic E-state index is 13.2. The lowest BCUT2D eigenvalue weighted by atomic mass is 10.0. The van der Waals surface area contributed by atoms with Crippen molar-refractivity contribution >= 4 is 40.6 Å². The molecule has 0 bridgehead atoms. The lowest BCUT2D eigenvalue weighted by Gasteiger charge is -2.29. The Morgan fingerprint density at radius 2 is 0.752 bits per heavy atom. The van der Waals surface area contributed by atoms with Crippen LogP contribution in [-0.4, -0.2) is 214 Å². The monoisotopic (exact) mass is 1590 g/mol. The predicted octanol–water partition coefficient (Wildman–Crippen LogP) is 15.4. The standard InChI is InChI=1S/C32H38N4O2.C18H20N2O.C17H18N2O.C14H22N2.C13H9ClO.C5H12N2/c1-34(30-19-21-35(24-30)20-8-11-25-9-4-2-5-10-25)32(38)36-22-18-29(23-36)33-31(37)28-16-14-27(15-17-28)26-12-6-3-7-13-26;1-20-12-11-17(13-20)19-18(21)16-9-7-15(8-10-16)14-5-3-2-4-6-14;20-17(19-16-10-11-18-12-16)15-8-6-14(7-9-15)13-4-2-1-3-5-13;1-15-14-9-11-16(12-14)10-5-8-13-6-3-2-4-7-13;14-13(15)12-8-6-11(7-9-12)10-4-2-1-3-5-10;1-7-3-2-5(6)4-7/h2-7,9-10,12-17,29-30H,8,11,18-24H2,1H3,(H,33,37);2-10,17H,11-13H2,1H3,(H,19,21);1-9,16,18H,10-12H2,(H,19,20);2-4,6-7,14-15H,5,8-12H2,1H3;1-9H;5H,2-4,6H2,1H3. The summed E-state index contributed by atoms with van der Waals surface area (Å²) < 4.78 is 0. The Bertz CT molecular complexity index is 4580. The average molecular weight is 1590 g/mol. The molecule has 10 aromatic rings. The molecule has 6 unspecified atom stereocenters. The third-order valence-electron chi connectivity index (χ3n) is 22.7. The Labute approximate surface area is 699 Å². The molecule has 0 radical (unpaired) electrons. The molecule has 6 saturated heterocycles. The average Bonchev–Trinajstić information content (AvgIpc) is 1.80. The molecule has 612 valence electrons. The summed E-state index contributed by atoms with van der Waals surface area (Å²) in [4.78, 5) is 74.6. The third-order valence-corrected chi connectivity index (χ3v) is 22.9. The summed E-state index contributed by atoms with van der Waals surface area (Å²) in [5, 5.41) is 15.5. The Morgan fingerprint density at radius 3 is 1.11 bits per heavy atom. The summed E-state index contributed by atoms with van der Waals surface area (Å²) in [6.45, 7) is 14.1. The molecule has 6 aliphatic rings. The maximum absolute atomic E-state index is 13.2. The van der Waals surface area contributed by atoms with E-state index in [1.807, 2.05) is 187 Å². The van der Waals surface area contributed by atoms with Crippen molar-refractivity contribution in [2.75, 3.05) is 120 Å². The van der Waals surface area contributed by atoms with E-state index in [0.717, 1.165) is 141 Å². The van der Waals surface area contributed by atoms with E-state index in [0.29, 0.717) is 30.3 Å². The highest BCUT2D eigenvalue weighted by molar-refractivity contribution is 6.67. The summed E-state index contributed by atoms with van der Waals surface area (Å²) in [6.07, 6.45) is 11.0. The first kappa shape index (κ1) is 87.4. The first-order valence-corrected chi connectivity index (χ1v) is 42.2. The van der Waals surface area contributed by atoms with Crippen LogP contribution in [0.25, 0.3) is 44.5 Å². The molecule has 6 atom stereocenters. The van der Waals surface area contributed by atoms with Crippen molar-refractivity contribution in [1.82, 2.24) is 56.0 Å². The van der Waals surface area contributed by atoms with E-state index < -0.39 is 5.24 Å². The van der Waals surface area contributed by atoms with Gasteiger partial charge in [0.05, 0.1) is 0 Å². The molecule has 6 fully saturated rings. The molecule has 7 N–H and O–H groups in total. The van der Waals surface area contributed by atoms with E-state index in [1.54, 1.807) is 12.1 Å². The van der Waals surface area contributed by atoms with Crippen molar-refractivity contribution in [2.45, 2.75) is 100 Å². The number of hydrogen-bond donors (Lipinski definition) is 6. The molecular weight excluding hydrogens is 1470 g/mol. The zero-order valence-electron chi connectivity index (χ0n) is 68.7. The second kappa shape index (κ2) is 46.5. The molecule has 0 spiro atoms. The summed E-state index contributed by atoms with van der Waals surface area (Å²) in [7, 11) is 8.19. The molecule has 0 aliphatic carbocycles. The summed E-state index contributed by atoms with van der Waals surface area (Å²) >= 11 is 5.36. The molecule has 0 aromatic heterocycles. The minimum Gasteiger partial charge on any atom is -0.348 e. The van der Waals surface area contributed by atoms with Gasteiger partial charge in [0.15, 0.2) is 0 Å². The minimum atomic E-state index is -0.422. The zero-order valence-corrected chi connectivity index (χ0v) is 69.4. The second-order valence-electron chi connectivity index (χ2n) is 31.5. The fourth-order valence-electron chi connectivity index (χ4n) is 15.7. The molecule has 17 nitrogen and oxygen atoms in total. The fraction of sp³-hybridized carbons (Fsp3) is 0.343. The van der Waals surface area contributed by atoms with Gasteiger partial charge < -0.3 is 61.7 Å². The highest BCUT2D eigenvalue weighted by Gasteiger charge is 2.35. The largest absolute Gasteiger partial charge is 0.348 e. The van der Waals surface area contributed by atoms with Gasteiger partial charge in [-0.05, 0) is 240 Å². The van der Waals surface area contributed by atoms with Gasteiger partial charge in [0.2, 0.25) is 0 Å². The highest BCUT2D eigenvalue weighted by atomic mass is 35.5. The topological polar surface area (TPSA) is 191 Å². The number of rotatable bonds is 21. The van der Waals surface area contributed by atoms with Crippen molar-refractivity contribution in [1.29, 1.82) is 0 Å². The van der Waals surface area contributed by atoms with E-state index >= 15 is 0 Å². The number of halogens is 1. The molecule has 6 heterocycles. The van der Waals surface area contributed by atoms with Gasteiger partial charge in [0.1, 0.15) is 0 Å².